The van der Waals surface area contributed by atoms with Crippen molar-refractivity contribution >= 4 is 30.5 Å². The minimum absolute atomic E-state index is 0. The molecule has 0 bridgehead atoms. The van der Waals surface area contributed by atoms with E-state index in [1.165, 1.54) is 43.5 Å². The van der Waals surface area contributed by atoms with Crippen molar-refractivity contribution < 1.29 is 32.7 Å². The van der Waals surface area contributed by atoms with E-state index >= 15 is 0 Å². The third-order valence-corrected chi connectivity index (χ3v) is 4.76. The second-order valence-corrected chi connectivity index (χ2v) is 6.65. The predicted molar refractivity (Wildman–Crippen MR) is 115 cm³/mol. The smallest absolute Gasteiger partial charge is 0.500 e. The molecule has 8 nitrogen and oxygen atoms in total. The standard InChI is InChI=1S/C19H20F3N3O5.2ClH/c1-29-16-11-13(10-15(18(16)26)25(27)28)17(24-8-6-23-7-9-24)12-2-4-14(5-3-12)30-19(20,21)22;;/h2-5,10-11,17,23,26H,6-9H2,1H3;2*1H/t17-;;/m1../s1. The molecule has 1 aliphatic rings. The summed E-state index contributed by atoms with van der Waals surface area (Å²) in [6, 6.07) is 7.62. The molecule has 13 heteroatoms. The molecule has 1 saturated heterocycles. The maximum absolute atomic E-state index is 12.5. The second kappa shape index (κ2) is 11.4. The van der Waals surface area contributed by atoms with Crippen LogP contribution in [0.1, 0.15) is 17.2 Å². The van der Waals surface area contributed by atoms with Crippen LogP contribution < -0.4 is 14.8 Å². The monoisotopic (exact) mass is 499 g/mol. The maximum atomic E-state index is 12.5. The number of ether oxygens (including phenoxy) is 2. The Bertz CT molecular complexity index is 910. The zero-order valence-corrected chi connectivity index (χ0v) is 18.4. The average Bonchev–Trinajstić information content (AvgIpc) is 2.70. The molecule has 2 N–H and O–H groups in total. The van der Waals surface area contributed by atoms with Crippen molar-refractivity contribution in [2.45, 2.75) is 12.4 Å². The number of piperazine rings is 1. The molecule has 1 fully saturated rings. The predicted octanol–water partition coefficient (Wildman–Crippen LogP) is 4.05. The Hall–Kier alpha value is -2.47. The number of nitro benzene ring substituents is 1. The van der Waals surface area contributed by atoms with Crippen LogP contribution in [0.5, 0.6) is 17.2 Å². The number of nitrogens with zero attached hydrogens (tertiary/aromatic N) is 2. The molecule has 2 aromatic carbocycles. The van der Waals surface area contributed by atoms with Crippen LogP contribution in [0.2, 0.25) is 0 Å². The van der Waals surface area contributed by atoms with Crippen LogP contribution in [-0.2, 0) is 0 Å². The number of nitrogens with one attached hydrogen (secondary N) is 1. The number of aromatic hydroxyl groups is 1. The minimum atomic E-state index is -4.80. The number of benzene rings is 2. The molecule has 0 saturated carbocycles. The third kappa shape index (κ3) is 6.52. The van der Waals surface area contributed by atoms with Crippen LogP contribution in [0.15, 0.2) is 36.4 Å². The van der Waals surface area contributed by atoms with E-state index in [1.54, 1.807) is 0 Å². The molecule has 0 radical (unpaired) electrons. The fourth-order valence-corrected chi connectivity index (χ4v) is 3.47. The highest BCUT2D eigenvalue weighted by Gasteiger charge is 2.32. The van der Waals surface area contributed by atoms with Gasteiger partial charge in [-0.05, 0) is 29.3 Å². The van der Waals surface area contributed by atoms with Crippen molar-refractivity contribution in [3.05, 3.63) is 57.6 Å². The summed E-state index contributed by atoms with van der Waals surface area (Å²) in [7, 11) is 1.28. The van der Waals surface area contributed by atoms with Gasteiger partial charge in [0.25, 0.3) is 0 Å². The molecule has 1 aliphatic heterocycles. The van der Waals surface area contributed by atoms with Gasteiger partial charge in [0.2, 0.25) is 5.75 Å². The molecular weight excluding hydrogens is 478 g/mol. The molecule has 2 aromatic rings. The lowest BCUT2D eigenvalue weighted by Gasteiger charge is -2.35. The zero-order chi connectivity index (χ0) is 21.9. The summed E-state index contributed by atoms with van der Waals surface area (Å²) in [6.45, 7) is 2.59. The summed E-state index contributed by atoms with van der Waals surface area (Å²) in [4.78, 5) is 12.7. The number of hydrogen-bond acceptors (Lipinski definition) is 7. The van der Waals surface area contributed by atoms with E-state index in [9.17, 15) is 28.4 Å². The Morgan fingerprint density at radius 2 is 1.72 bits per heavy atom. The fraction of sp³-hybridized carbons (Fsp3) is 0.368. The van der Waals surface area contributed by atoms with Crippen LogP contribution in [-0.4, -0.2) is 54.6 Å². The van der Waals surface area contributed by atoms with Gasteiger partial charge in [-0.15, -0.1) is 38.0 Å². The van der Waals surface area contributed by atoms with E-state index in [1.807, 2.05) is 4.90 Å². The van der Waals surface area contributed by atoms with E-state index in [-0.39, 0.29) is 36.3 Å². The minimum Gasteiger partial charge on any atom is -0.500 e. The Morgan fingerprint density at radius 3 is 2.22 bits per heavy atom. The lowest BCUT2D eigenvalue weighted by molar-refractivity contribution is -0.386. The maximum Gasteiger partial charge on any atom is 0.573 e. The van der Waals surface area contributed by atoms with Crippen molar-refractivity contribution in [2.24, 2.45) is 0 Å². The largest absolute Gasteiger partial charge is 0.573 e. The first-order valence-electron chi connectivity index (χ1n) is 9.05. The van der Waals surface area contributed by atoms with Crippen molar-refractivity contribution in [3.63, 3.8) is 0 Å². The molecule has 0 spiro atoms. The summed E-state index contributed by atoms with van der Waals surface area (Å²) >= 11 is 0. The summed E-state index contributed by atoms with van der Waals surface area (Å²) in [5.74, 6) is -1.00. The lowest BCUT2D eigenvalue weighted by Crippen LogP contribution is -2.45. The summed E-state index contributed by atoms with van der Waals surface area (Å²) in [6.07, 6.45) is -4.80. The van der Waals surface area contributed by atoms with Gasteiger partial charge in [0.1, 0.15) is 5.75 Å². The number of phenolic OH excluding ortho intramolecular Hbond substituents is 1. The first-order valence-corrected chi connectivity index (χ1v) is 9.05. The Balaban J connectivity index is 0.00000256. The summed E-state index contributed by atoms with van der Waals surface area (Å²) in [5, 5.41) is 24.7. The number of methoxy groups -OCH3 is 1. The van der Waals surface area contributed by atoms with E-state index < -0.39 is 28.8 Å². The number of phenols is 1. The molecule has 0 aliphatic carbocycles. The molecule has 32 heavy (non-hydrogen) atoms. The number of halogens is 5. The molecule has 178 valence electrons. The van der Waals surface area contributed by atoms with E-state index in [4.69, 9.17) is 4.74 Å². The first kappa shape index (κ1) is 27.6. The quantitative estimate of drug-likeness (QED) is 0.457. The topological polar surface area (TPSA) is 97.1 Å². The average molecular weight is 500 g/mol. The van der Waals surface area contributed by atoms with Gasteiger partial charge in [-0.1, -0.05) is 12.1 Å². The number of nitro groups is 1. The summed E-state index contributed by atoms with van der Waals surface area (Å²) in [5.41, 5.74) is 0.581. The van der Waals surface area contributed by atoms with Crippen LogP contribution >= 0.6 is 24.8 Å². The van der Waals surface area contributed by atoms with E-state index in [0.717, 1.165) is 0 Å². The van der Waals surface area contributed by atoms with Crippen molar-refractivity contribution in [3.8, 4) is 17.2 Å². The van der Waals surface area contributed by atoms with Gasteiger partial charge in [-0.3, -0.25) is 15.0 Å². The van der Waals surface area contributed by atoms with Crippen LogP contribution in [0.3, 0.4) is 0 Å². The van der Waals surface area contributed by atoms with E-state index in [0.29, 0.717) is 37.3 Å². The van der Waals surface area contributed by atoms with Gasteiger partial charge in [-0.2, -0.15) is 0 Å². The molecule has 0 unspecified atom stereocenters. The van der Waals surface area contributed by atoms with Crippen molar-refractivity contribution in [1.29, 1.82) is 0 Å². The molecule has 0 amide bonds. The Morgan fingerprint density at radius 1 is 1.12 bits per heavy atom. The van der Waals surface area contributed by atoms with Crippen LogP contribution in [0, 0.1) is 10.1 Å². The zero-order valence-electron chi connectivity index (χ0n) is 16.8. The molecule has 1 heterocycles. The third-order valence-electron chi connectivity index (χ3n) is 4.76. The number of rotatable bonds is 6. The van der Waals surface area contributed by atoms with Crippen molar-refractivity contribution in [1.82, 2.24) is 10.2 Å². The highest BCUT2D eigenvalue weighted by atomic mass is 35.5. The first-order chi connectivity index (χ1) is 14.2. The number of alkyl halides is 3. The van der Waals surface area contributed by atoms with Gasteiger partial charge < -0.3 is 19.9 Å². The van der Waals surface area contributed by atoms with Gasteiger partial charge in [0, 0.05) is 32.2 Å². The molecule has 1 atom stereocenters. The van der Waals surface area contributed by atoms with Gasteiger partial charge >= 0.3 is 12.0 Å². The van der Waals surface area contributed by atoms with Crippen LogP contribution in [0.25, 0.3) is 0 Å². The Labute approximate surface area is 194 Å². The van der Waals surface area contributed by atoms with Crippen molar-refractivity contribution in [2.75, 3.05) is 33.3 Å². The SMILES string of the molecule is COc1cc([C@@H](c2ccc(OC(F)(F)F)cc2)N2CCNCC2)cc([N+](=O)[O-])c1O.Cl.Cl. The fourth-order valence-electron chi connectivity index (χ4n) is 3.47. The van der Waals surface area contributed by atoms with Gasteiger partial charge in [0.05, 0.1) is 18.1 Å². The second-order valence-electron chi connectivity index (χ2n) is 6.65. The number of hydrogen-bond donors (Lipinski definition) is 2. The highest BCUT2D eigenvalue weighted by Crippen LogP contribution is 2.41. The van der Waals surface area contributed by atoms with Gasteiger partial charge in [0.15, 0.2) is 5.75 Å². The summed E-state index contributed by atoms with van der Waals surface area (Å²) < 4.78 is 46.4. The Kier molecular flexibility index (Phi) is 9.83. The highest BCUT2D eigenvalue weighted by molar-refractivity contribution is 5.85. The van der Waals surface area contributed by atoms with Gasteiger partial charge in [-0.25, -0.2) is 0 Å². The normalized spacial score (nSPS) is 15.1. The molecule has 0 aromatic heterocycles. The molecular formula is C19H22Cl2F3N3O5. The molecule has 3 rings (SSSR count). The van der Waals surface area contributed by atoms with E-state index in [2.05, 4.69) is 10.1 Å². The van der Waals surface area contributed by atoms with Crippen LogP contribution in [0.4, 0.5) is 18.9 Å². The lowest BCUT2D eigenvalue weighted by atomic mass is 9.95.